The van der Waals surface area contributed by atoms with Crippen LogP contribution < -0.4 is 9.64 Å². The molecule has 0 saturated heterocycles. The lowest BCUT2D eigenvalue weighted by Crippen LogP contribution is -2.29. The van der Waals surface area contributed by atoms with Crippen molar-refractivity contribution in [3.05, 3.63) is 57.6 Å². The van der Waals surface area contributed by atoms with E-state index in [4.69, 9.17) is 4.74 Å². The van der Waals surface area contributed by atoms with E-state index in [0.717, 1.165) is 23.3 Å². The molecule has 1 aliphatic rings. The van der Waals surface area contributed by atoms with E-state index in [1.54, 1.807) is 7.11 Å². The van der Waals surface area contributed by atoms with Crippen LogP contribution in [0.3, 0.4) is 0 Å². The van der Waals surface area contributed by atoms with Crippen molar-refractivity contribution in [3.63, 3.8) is 0 Å². The van der Waals surface area contributed by atoms with E-state index in [9.17, 15) is 0 Å². The number of rotatable bonds is 3. The van der Waals surface area contributed by atoms with Crippen LogP contribution in [0.15, 0.2) is 40.9 Å². The van der Waals surface area contributed by atoms with Crippen LogP contribution in [0.2, 0.25) is 0 Å². The number of methoxy groups -OCH3 is 1. The van der Waals surface area contributed by atoms with Crippen molar-refractivity contribution in [2.24, 2.45) is 0 Å². The average molecular weight is 346 g/mol. The molecule has 2 aromatic rings. The molecule has 0 unspecified atom stereocenters. The summed E-state index contributed by atoms with van der Waals surface area (Å²) in [4.78, 5) is 2.46. The third-order valence-electron chi connectivity index (χ3n) is 4.05. The van der Waals surface area contributed by atoms with Crippen molar-refractivity contribution in [3.8, 4) is 5.75 Å². The molecule has 0 spiro atoms. The van der Waals surface area contributed by atoms with E-state index in [1.807, 2.05) is 12.1 Å². The van der Waals surface area contributed by atoms with Gasteiger partial charge in [-0.25, -0.2) is 0 Å². The van der Waals surface area contributed by atoms with Crippen LogP contribution in [0.25, 0.3) is 0 Å². The predicted molar refractivity (Wildman–Crippen MR) is 91.2 cm³/mol. The summed E-state index contributed by atoms with van der Waals surface area (Å²) in [6.45, 7) is 4.15. The van der Waals surface area contributed by atoms with Crippen LogP contribution in [0.5, 0.6) is 5.75 Å². The second-order valence-electron chi connectivity index (χ2n) is 5.61. The minimum absolute atomic E-state index is 0.888. The Bertz CT molecular complexity index is 654. The number of ether oxygens (including phenoxy) is 1. The second-order valence-corrected chi connectivity index (χ2v) is 6.53. The number of fused-ring (bicyclic) bond motifs is 1. The molecule has 0 aromatic heterocycles. The van der Waals surface area contributed by atoms with Crippen LogP contribution in [0.1, 0.15) is 23.1 Å². The molecule has 2 nitrogen and oxygen atoms in total. The summed E-state index contributed by atoms with van der Waals surface area (Å²) in [7, 11) is 1.74. The molecule has 0 atom stereocenters. The Morgan fingerprint density at radius 3 is 2.86 bits per heavy atom. The van der Waals surface area contributed by atoms with Gasteiger partial charge in [0.25, 0.3) is 0 Å². The highest BCUT2D eigenvalue weighted by atomic mass is 79.9. The molecule has 0 N–H and O–H groups in total. The van der Waals surface area contributed by atoms with Crippen molar-refractivity contribution in [2.75, 3.05) is 18.6 Å². The molecule has 0 bridgehead atoms. The van der Waals surface area contributed by atoms with Gasteiger partial charge in [-0.2, -0.15) is 0 Å². The molecule has 1 aliphatic heterocycles. The molecular weight excluding hydrogens is 326 g/mol. The maximum Gasteiger partial charge on any atom is 0.123 e. The zero-order valence-corrected chi connectivity index (χ0v) is 14.1. The summed E-state index contributed by atoms with van der Waals surface area (Å²) in [6.07, 6.45) is 2.40. The number of aryl methyl sites for hydroxylation is 2. The van der Waals surface area contributed by atoms with Crippen molar-refractivity contribution in [1.29, 1.82) is 0 Å². The van der Waals surface area contributed by atoms with E-state index in [-0.39, 0.29) is 0 Å². The Labute approximate surface area is 134 Å². The Morgan fingerprint density at radius 2 is 2.05 bits per heavy atom. The molecule has 21 heavy (non-hydrogen) atoms. The van der Waals surface area contributed by atoms with E-state index >= 15 is 0 Å². The monoisotopic (exact) mass is 345 g/mol. The third kappa shape index (κ3) is 3.08. The first-order valence-electron chi connectivity index (χ1n) is 7.34. The maximum absolute atomic E-state index is 5.50. The number of halogens is 1. The molecule has 0 saturated carbocycles. The summed E-state index contributed by atoms with van der Waals surface area (Å²) >= 11 is 3.56. The van der Waals surface area contributed by atoms with Gasteiger partial charge in [0, 0.05) is 28.8 Å². The summed E-state index contributed by atoms with van der Waals surface area (Å²) in [5, 5.41) is 0. The average Bonchev–Trinajstić information content (AvgIpc) is 2.47. The van der Waals surface area contributed by atoms with Crippen molar-refractivity contribution < 1.29 is 4.74 Å². The maximum atomic E-state index is 5.50. The van der Waals surface area contributed by atoms with Crippen LogP contribution >= 0.6 is 15.9 Å². The van der Waals surface area contributed by atoms with Crippen molar-refractivity contribution in [1.82, 2.24) is 0 Å². The first-order chi connectivity index (χ1) is 10.2. The van der Waals surface area contributed by atoms with Gasteiger partial charge in [-0.15, -0.1) is 0 Å². The number of benzene rings is 2. The zero-order valence-electron chi connectivity index (χ0n) is 12.5. The molecule has 0 amide bonds. The van der Waals surface area contributed by atoms with Gasteiger partial charge in [-0.05, 0) is 49.6 Å². The van der Waals surface area contributed by atoms with E-state index in [0.29, 0.717) is 0 Å². The normalized spacial score (nSPS) is 14.0. The molecule has 2 aromatic carbocycles. The summed E-state index contributed by atoms with van der Waals surface area (Å²) in [5.41, 5.74) is 5.40. The minimum atomic E-state index is 0.888. The fraction of sp³-hybridized carbons (Fsp3) is 0.333. The molecule has 110 valence electrons. The molecular formula is C18H20BrNO. The number of anilines is 1. The van der Waals surface area contributed by atoms with E-state index in [1.165, 1.54) is 35.2 Å². The van der Waals surface area contributed by atoms with Gasteiger partial charge in [-0.1, -0.05) is 33.6 Å². The van der Waals surface area contributed by atoms with Crippen LogP contribution in [-0.2, 0) is 13.0 Å². The van der Waals surface area contributed by atoms with Gasteiger partial charge in [-0.3, -0.25) is 0 Å². The number of hydrogen-bond donors (Lipinski definition) is 0. The molecule has 3 rings (SSSR count). The predicted octanol–water partition coefficient (Wildman–Crippen LogP) is 4.72. The quantitative estimate of drug-likeness (QED) is 0.797. The van der Waals surface area contributed by atoms with Crippen LogP contribution in [-0.4, -0.2) is 13.7 Å². The van der Waals surface area contributed by atoms with E-state index < -0.39 is 0 Å². The summed E-state index contributed by atoms with van der Waals surface area (Å²) in [6, 6.07) is 13.0. The lowest BCUT2D eigenvalue weighted by atomic mass is 9.99. The van der Waals surface area contributed by atoms with Crippen LogP contribution in [0.4, 0.5) is 5.69 Å². The molecule has 1 heterocycles. The topological polar surface area (TPSA) is 12.5 Å². The molecule has 0 radical (unpaired) electrons. The van der Waals surface area contributed by atoms with Gasteiger partial charge >= 0.3 is 0 Å². The molecule has 0 aliphatic carbocycles. The van der Waals surface area contributed by atoms with Crippen LogP contribution in [0, 0.1) is 6.92 Å². The molecule has 3 heteroatoms. The Balaban J connectivity index is 1.92. The zero-order chi connectivity index (χ0) is 14.8. The SMILES string of the molecule is COc1ccc(Br)cc1CN1CCCc2cc(C)ccc21. The number of hydrogen-bond acceptors (Lipinski definition) is 2. The Hall–Kier alpha value is -1.48. The van der Waals surface area contributed by atoms with Gasteiger partial charge in [0.2, 0.25) is 0 Å². The standard InChI is InChI=1S/C18H20BrNO/c1-13-5-7-17-14(10-13)4-3-9-20(17)12-15-11-16(19)6-8-18(15)21-2/h5-8,10-11H,3-4,9,12H2,1-2H3. The second kappa shape index (κ2) is 6.10. The smallest absolute Gasteiger partial charge is 0.123 e. The van der Waals surface area contributed by atoms with Gasteiger partial charge in [0.05, 0.1) is 7.11 Å². The van der Waals surface area contributed by atoms with Gasteiger partial charge in [0.15, 0.2) is 0 Å². The van der Waals surface area contributed by atoms with Crippen molar-refractivity contribution in [2.45, 2.75) is 26.3 Å². The number of nitrogens with zero attached hydrogens (tertiary/aromatic N) is 1. The lowest BCUT2D eigenvalue weighted by molar-refractivity contribution is 0.409. The highest BCUT2D eigenvalue weighted by molar-refractivity contribution is 9.10. The van der Waals surface area contributed by atoms with Gasteiger partial charge < -0.3 is 9.64 Å². The largest absolute Gasteiger partial charge is 0.496 e. The first-order valence-corrected chi connectivity index (χ1v) is 8.13. The fourth-order valence-corrected chi connectivity index (χ4v) is 3.45. The lowest BCUT2D eigenvalue weighted by Gasteiger charge is -2.32. The highest BCUT2D eigenvalue weighted by Gasteiger charge is 2.18. The van der Waals surface area contributed by atoms with Crippen molar-refractivity contribution >= 4 is 21.6 Å². The highest BCUT2D eigenvalue weighted by Crippen LogP contribution is 2.31. The Kier molecular flexibility index (Phi) is 4.20. The first kappa shape index (κ1) is 14.5. The minimum Gasteiger partial charge on any atom is -0.496 e. The summed E-state index contributed by atoms with van der Waals surface area (Å²) < 4.78 is 6.60. The molecule has 0 fully saturated rings. The third-order valence-corrected chi connectivity index (χ3v) is 4.55. The van der Waals surface area contributed by atoms with E-state index in [2.05, 4.69) is 52.0 Å². The fourth-order valence-electron chi connectivity index (χ4n) is 3.04. The summed E-state index contributed by atoms with van der Waals surface area (Å²) in [5.74, 6) is 0.956. The Morgan fingerprint density at radius 1 is 1.19 bits per heavy atom. The van der Waals surface area contributed by atoms with Gasteiger partial charge in [0.1, 0.15) is 5.75 Å².